The quantitative estimate of drug-likeness (QED) is 0.195. The number of nitrogens with zero attached hydrogens (tertiary/aromatic N) is 3. The highest BCUT2D eigenvalue weighted by atomic mass is 35.5. The highest BCUT2D eigenvalue weighted by molar-refractivity contribution is 7.99. The molecule has 1 aromatic heterocycles. The van der Waals surface area contributed by atoms with E-state index in [0.717, 1.165) is 11.3 Å². The Hall–Kier alpha value is -2.67. The summed E-state index contributed by atoms with van der Waals surface area (Å²) in [7, 11) is 0. The molecule has 0 amide bonds. The van der Waals surface area contributed by atoms with Crippen molar-refractivity contribution in [2.24, 2.45) is 0 Å². The molecule has 3 aromatic carbocycles. The van der Waals surface area contributed by atoms with Crippen LogP contribution in [0.25, 0.3) is 17.1 Å². The molecule has 0 saturated heterocycles. The average Bonchev–Trinajstić information content (AvgIpc) is 3.21. The van der Waals surface area contributed by atoms with Gasteiger partial charge in [-0.25, -0.2) is 4.39 Å². The molecule has 0 fully saturated rings. The largest absolute Gasteiger partial charge is 0.293 e. The number of para-hydroxylation sites is 1. The molecule has 168 valence electrons. The van der Waals surface area contributed by atoms with Crippen LogP contribution in [0.1, 0.15) is 35.7 Å². The Balaban J connectivity index is 1.77. The first-order valence-electron chi connectivity index (χ1n) is 10.3. The summed E-state index contributed by atoms with van der Waals surface area (Å²) >= 11 is 13.9. The van der Waals surface area contributed by atoms with Crippen molar-refractivity contribution in [2.45, 2.75) is 24.9 Å². The minimum Gasteiger partial charge on any atom is -0.293 e. The number of Topliss-reactive ketones (excluding diaryl/α,β-unsaturated/α-hetero) is 1. The van der Waals surface area contributed by atoms with E-state index in [1.54, 1.807) is 18.2 Å². The number of halogens is 3. The number of hydrogen-bond donors (Lipinski definition) is 0. The van der Waals surface area contributed by atoms with Crippen molar-refractivity contribution in [2.75, 3.05) is 5.75 Å². The van der Waals surface area contributed by atoms with E-state index in [4.69, 9.17) is 23.2 Å². The van der Waals surface area contributed by atoms with E-state index in [1.807, 2.05) is 22.8 Å². The normalized spacial score (nSPS) is 11.2. The zero-order valence-corrected chi connectivity index (χ0v) is 20.3. The van der Waals surface area contributed by atoms with E-state index >= 15 is 0 Å². The molecule has 8 heteroatoms. The van der Waals surface area contributed by atoms with Gasteiger partial charge in [0.1, 0.15) is 5.82 Å². The zero-order chi connectivity index (χ0) is 23.5. The average molecular weight is 500 g/mol. The fourth-order valence-electron chi connectivity index (χ4n) is 3.45. The van der Waals surface area contributed by atoms with E-state index in [-0.39, 0.29) is 23.3 Å². The van der Waals surface area contributed by atoms with Gasteiger partial charge in [0, 0.05) is 16.1 Å². The van der Waals surface area contributed by atoms with Gasteiger partial charge in [0.05, 0.1) is 16.5 Å². The monoisotopic (exact) mass is 499 g/mol. The van der Waals surface area contributed by atoms with Crippen molar-refractivity contribution in [1.82, 2.24) is 14.8 Å². The highest BCUT2D eigenvalue weighted by Crippen LogP contribution is 2.35. The highest BCUT2D eigenvalue weighted by Gasteiger charge is 2.22. The second kappa shape index (κ2) is 10.1. The fourth-order valence-corrected chi connectivity index (χ4v) is 4.79. The third-order valence-electron chi connectivity index (χ3n) is 5.10. The Labute approximate surface area is 205 Å². The van der Waals surface area contributed by atoms with E-state index in [0.29, 0.717) is 32.2 Å². The number of ketones is 1. The zero-order valence-electron chi connectivity index (χ0n) is 17.9. The first kappa shape index (κ1) is 23.5. The third kappa shape index (κ3) is 5.13. The first-order valence-corrected chi connectivity index (χ1v) is 12.0. The topological polar surface area (TPSA) is 47.8 Å². The molecule has 0 atom stereocenters. The lowest BCUT2D eigenvalue weighted by atomic mass is 10.0. The molecule has 0 N–H and O–H groups in total. The number of rotatable bonds is 7. The van der Waals surface area contributed by atoms with Crippen molar-refractivity contribution in [3.8, 4) is 17.1 Å². The van der Waals surface area contributed by atoms with Crippen molar-refractivity contribution < 1.29 is 9.18 Å². The van der Waals surface area contributed by atoms with Crippen LogP contribution < -0.4 is 0 Å². The smallest absolute Gasteiger partial charge is 0.196 e. The minimum atomic E-state index is -0.381. The van der Waals surface area contributed by atoms with Crippen molar-refractivity contribution >= 4 is 40.7 Å². The maximum atomic E-state index is 13.2. The van der Waals surface area contributed by atoms with Crippen LogP contribution in [0.4, 0.5) is 4.39 Å². The van der Waals surface area contributed by atoms with E-state index < -0.39 is 0 Å². The Morgan fingerprint density at radius 1 is 1.03 bits per heavy atom. The van der Waals surface area contributed by atoms with Gasteiger partial charge in [-0.1, -0.05) is 67.0 Å². The van der Waals surface area contributed by atoms with Crippen LogP contribution in [0.3, 0.4) is 0 Å². The summed E-state index contributed by atoms with van der Waals surface area (Å²) in [6.45, 7) is 4.23. The molecule has 0 bridgehead atoms. The van der Waals surface area contributed by atoms with Crippen LogP contribution in [0.15, 0.2) is 71.9 Å². The number of benzene rings is 3. The minimum absolute atomic E-state index is 0.127. The number of aromatic nitrogens is 3. The molecule has 0 spiro atoms. The maximum absolute atomic E-state index is 13.2. The second-order valence-electron chi connectivity index (χ2n) is 7.70. The summed E-state index contributed by atoms with van der Waals surface area (Å²) < 4.78 is 15.1. The van der Waals surface area contributed by atoms with Crippen molar-refractivity contribution in [3.05, 3.63) is 93.7 Å². The van der Waals surface area contributed by atoms with Gasteiger partial charge in [0.15, 0.2) is 16.8 Å². The van der Waals surface area contributed by atoms with Crippen LogP contribution >= 0.6 is 35.0 Å². The van der Waals surface area contributed by atoms with Gasteiger partial charge in [-0.15, -0.1) is 10.2 Å². The summed E-state index contributed by atoms with van der Waals surface area (Å²) in [5, 5.41) is 10.3. The van der Waals surface area contributed by atoms with Gasteiger partial charge in [-0.05, 0) is 60.0 Å². The predicted octanol–water partition coefficient (Wildman–Crippen LogP) is 7.48. The molecule has 0 radical (unpaired) electrons. The molecular weight excluding hydrogens is 480 g/mol. The lowest BCUT2D eigenvalue weighted by Crippen LogP contribution is -2.07. The van der Waals surface area contributed by atoms with Gasteiger partial charge < -0.3 is 0 Å². The molecule has 0 unspecified atom stereocenters. The molecule has 0 aliphatic rings. The first-order chi connectivity index (χ1) is 15.8. The summed E-state index contributed by atoms with van der Waals surface area (Å²) in [5.41, 5.74) is 3.15. The number of carbonyl (C=O) groups is 1. The maximum Gasteiger partial charge on any atom is 0.196 e. The lowest BCUT2D eigenvalue weighted by Gasteiger charge is -2.17. The van der Waals surface area contributed by atoms with Gasteiger partial charge in [-0.2, -0.15) is 0 Å². The Kier molecular flexibility index (Phi) is 7.17. The molecule has 1 heterocycles. The Morgan fingerprint density at radius 2 is 1.76 bits per heavy atom. The molecule has 0 saturated carbocycles. The van der Waals surface area contributed by atoms with Gasteiger partial charge in [0.2, 0.25) is 0 Å². The van der Waals surface area contributed by atoms with Gasteiger partial charge >= 0.3 is 0 Å². The summed E-state index contributed by atoms with van der Waals surface area (Å²) in [4.78, 5) is 12.7. The van der Waals surface area contributed by atoms with E-state index in [2.05, 4.69) is 30.1 Å². The Morgan fingerprint density at radius 3 is 2.45 bits per heavy atom. The van der Waals surface area contributed by atoms with Crippen LogP contribution in [0.5, 0.6) is 0 Å². The van der Waals surface area contributed by atoms with Crippen LogP contribution in [0.2, 0.25) is 10.0 Å². The predicted molar refractivity (Wildman–Crippen MR) is 132 cm³/mol. The van der Waals surface area contributed by atoms with E-state index in [9.17, 15) is 9.18 Å². The summed E-state index contributed by atoms with van der Waals surface area (Å²) in [6.07, 6.45) is 0. The van der Waals surface area contributed by atoms with Gasteiger partial charge in [0.25, 0.3) is 0 Å². The number of thioether (sulfide) groups is 1. The molecule has 0 aliphatic heterocycles. The van der Waals surface area contributed by atoms with Gasteiger partial charge in [-0.3, -0.25) is 9.36 Å². The van der Waals surface area contributed by atoms with E-state index in [1.165, 1.54) is 36.0 Å². The van der Waals surface area contributed by atoms with Crippen LogP contribution in [-0.2, 0) is 0 Å². The Bertz CT molecular complexity index is 1310. The lowest BCUT2D eigenvalue weighted by molar-refractivity contribution is 0.102. The number of hydrogen-bond acceptors (Lipinski definition) is 4. The SMILES string of the molecule is CC(C)c1ccccc1-n1c(SCC(=O)c2ccc(F)cc2)nnc1-c1ccc(Cl)cc1Cl. The third-order valence-corrected chi connectivity index (χ3v) is 6.58. The standard InChI is InChI=1S/C25H20Cl2FN3OS/c1-15(2)19-5-3-4-6-22(19)31-24(20-12-9-17(26)13-21(20)27)29-30-25(31)33-14-23(32)16-7-10-18(28)11-8-16/h3-13,15H,14H2,1-2H3. The molecule has 4 aromatic rings. The molecular formula is C25H20Cl2FN3OS. The van der Waals surface area contributed by atoms with Crippen LogP contribution in [0, 0.1) is 5.82 Å². The molecule has 33 heavy (non-hydrogen) atoms. The molecule has 0 aliphatic carbocycles. The second-order valence-corrected chi connectivity index (χ2v) is 9.48. The summed E-state index contributed by atoms with van der Waals surface area (Å²) in [6, 6.07) is 18.7. The van der Waals surface area contributed by atoms with Crippen LogP contribution in [-0.4, -0.2) is 26.3 Å². The van der Waals surface area contributed by atoms with Crippen molar-refractivity contribution in [1.29, 1.82) is 0 Å². The fraction of sp³-hybridized carbons (Fsp3) is 0.160. The van der Waals surface area contributed by atoms with Crippen molar-refractivity contribution in [3.63, 3.8) is 0 Å². The molecule has 4 rings (SSSR count). The number of carbonyl (C=O) groups excluding carboxylic acids is 1. The molecule has 4 nitrogen and oxygen atoms in total. The summed E-state index contributed by atoms with van der Waals surface area (Å²) in [5.74, 6) is 0.422.